The van der Waals surface area contributed by atoms with E-state index in [1.165, 1.54) is 12.7 Å². The second-order valence-electron chi connectivity index (χ2n) is 5.87. The minimum atomic E-state index is -0.250. The van der Waals surface area contributed by atoms with Gasteiger partial charge in [-0.05, 0) is 37.8 Å². The highest BCUT2D eigenvalue weighted by Crippen LogP contribution is 2.26. The first-order chi connectivity index (χ1) is 11.8. The molecule has 3 aromatic rings. The van der Waals surface area contributed by atoms with Gasteiger partial charge in [-0.25, -0.2) is 9.78 Å². The molecule has 0 aliphatic heterocycles. The Hall–Kier alpha value is -2.96. The molecule has 0 saturated carbocycles. The lowest BCUT2D eigenvalue weighted by Gasteiger charge is -2.06. The van der Waals surface area contributed by atoms with Crippen molar-refractivity contribution in [2.75, 3.05) is 5.32 Å². The molecule has 1 aliphatic rings. The van der Waals surface area contributed by atoms with E-state index < -0.39 is 0 Å². The third kappa shape index (κ3) is 2.68. The number of amides is 1. The van der Waals surface area contributed by atoms with Crippen molar-refractivity contribution in [1.29, 1.82) is 0 Å². The van der Waals surface area contributed by atoms with Crippen LogP contribution in [0.1, 0.15) is 41.0 Å². The summed E-state index contributed by atoms with van der Waals surface area (Å²) < 4.78 is 1.91. The number of para-hydroxylation sites is 1. The number of carbonyl (C=O) groups is 1. The first kappa shape index (κ1) is 14.6. The van der Waals surface area contributed by atoms with E-state index in [4.69, 9.17) is 0 Å². The Morgan fingerprint density at radius 2 is 1.96 bits per heavy atom. The normalized spacial score (nSPS) is 14.0. The molecule has 1 amide bonds. The van der Waals surface area contributed by atoms with Crippen molar-refractivity contribution in [3.8, 4) is 5.69 Å². The van der Waals surface area contributed by atoms with Crippen LogP contribution in [0.2, 0.25) is 0 Å². The molecule has 7 heteroatoms. The molecule has 0 bridgehead atoms. The van der Waals surface area contributed by atoms with E-state index in [-0.39, 0.29) is 5.91 Å². The zero-order valence-electron chi connectivity index (χ0n) is 13.2. The van der Waals surface area contributed by atoms with Gasteiger partial charge in [-0.1, -0.05) is 24.6 Å². The molecule has 2 N–H and O–H groups in total. The van der Waals surface area contributed by atoms with Crippen molar-refractivity contribution < 1.29 is 4.79 Å². The van der Waals surface area contributed by atoms with Gasteiger partial charge >= 0.3 is 0 Å². The maximum atomic E-state index is 12.7. The summed E-state index contributed by atoms with van der Waals surface area (Å²) in [6, 6.07) is 9.96. The minimum absolute atomic E-state index is 0.250. The highest BCUT2D eigenvalue weighted by Gasteiger charge is 2.25. The molecule has 0 saturated heterocycles. The van der Waals surface area contributed by atoms with Crippen molar-refractivity contribution in [3.63, 3.8) is 0 Å². The summed E-state index contributed by atoms with van der Waals surface area (Å²) in [6.45, 7) is 0. The lowest BCUT2D eigenvalue weighted by Crippen LogP contribution is -2.16. The SMILES string of the molecule is O=C(Nc1ncn[nH]1)c1nn(-c2ccccc2)c2c1CCCCC2. The smallest absolute Gasteiger partial charge is 0.278 e. The summed E-state index contributed by atoms with van der Waals surface area (Å²) in [5.74, 6) is 0.0798. The maximum Gasteiger partial charge on any atom is 0.278 e. The molecule has 2 aromatic heterocycles. The van der Waals surface area contributed by atoms with E-state index >= 15 is 0 Å². The first-order valence-electron chi connectivity index (χ1n) is 8.16. The molecule has 1 aliphatic carbocycles. The molecule has 0 radical (unpaired) electrons. The van der Waals surface area contributed by atoms with E-state index in [0.29, 0.717) is 11.6 Å². The molecule has 0 fully saturated rings. The summed E-state index contributed by atoms with van der Waals surface area (Å²) in [5.41, 5.74) is 3.65. The van der Waals surface area contributed by atoms with Crippen LogP contribution in [0.4, 0.5) is 5.95 Å². The summed E-state index contributed by atoms with van der Waals surface area (Å²) in [7, 11) is 0. The number of aromatic amines is 1. The predicted molar refractivity (Wildman–Crippen MR) is 89.2 cm³/mol. The zero-order chi connectivity index (χ0) is 16.4. The van der Waals surface area contributed by atoms with Crippen molar-refractivity contribution >= 4 is 11.9 Å². The fraction of sp³-hybridized carbons (Fsp3) is 0.294. The van der Waals surface area contributed by atoms with Gasteiger partial charge in [-0.3, -0.25) is 10.1 Å². The molecule has 24 heavy (non-hydrogen) atoms. The van der Waals surface area contributed by atoms with E-state index in [1.807, 2.05) is 35.0 Å². The van der Waals surface area contributed by atoms with Gasteiger partial charge in [0.1, 0.15) is 6.33 Å². The van der Waals surface area contributed by atoms with Crippen molar-refractivity contribution in [3.05, 3.63) is 53.6 Å². The minimum Gasteiger partial charge on any atom is -0.289 e. The fourth-order valence-electron chi connectivity index (χ4n) is 3.17. The maximum absolute atomic E-state index is 12.7. The first-order valence-corrected chi connectivity index (χ1v) is 8.16. The molecular formula is C17H18N6O. The number of nitrogens with one attached hydrogen (secondary N) is 2. The molecule has 7 nitrogen and oxygen atoms in total. The van der Waals surface area contributed by atoms with Crippen LogP contribution in [0, 0.1) is 0 Å². The number of hydrogen-bond donors (Lipinski definition) is 2. The van der Waals surface area contributed by atoms with Gasteiger partial charge in [0.05, 0.1) is 5.69 Å². The number of hydrogen-bond acceptors (Lipinski definition) is 4. The molecule has 4 rings (SSSR count). The molecule has 0 atom stereocenters. The number of nitrogens with zero attached hydrogens (tertiary/aromatic N) is 4. The summed E-state index contributed by atoms with van der Waals surface area (Å²) >= 11 is 0. The number of H-pyrrole nitrogens is 1. The van der Waals surface area contributed by atoms with Crippen LogP contribution in [-0.2, 0) is 12.8 Å². The second-order valence-corrected chi connectivity index (χ2v) is 5.87. The monoisotopic (exact) mass is 322 g/mol. The van der Waals surface area contributed by atoms with E-state index in [9.17, 15) is 4.79 Å². The van der Waals surface area contributed by atoms with Crippen LogP contribution >= 0.6 is 0 Å². The quantitative estimate of drug-likeness (QED) is 0.725. The molecule has 0 spiro atoms. The summed E-state index contributed by atoms with van der Waals surface area (Å²) in [6.07, 6.45) is 6.55. The lowest BCUT2D eigenvalue weighted by atomic mass is 10.1. The average Bonchev–Trinajstić information content (AvgIpc) is 3.17. The summed E-state index contributed by atoms with van der Waals surface area (Å²) in [4.78, 5) is 16.6. The van der Waals surface area contributed by atoms with E-state index in [0.717, 1.165) is 42.6 Å². The molecule has 2 heterocycles. The number of fused-ring (bicyclic) bond motifs is 1. The number of carbonyl (C=O) groups excluding carboxylic acids is 1. The third-order valence-corrected chi connectivity index (χ3v) is 4.29. The zero-order valence-corrected chi connectivity index (χ0v) is 13.2. The van der Waals surface area contributed by atoms with Crippen LogP contribution in [0.5, 0.6) is 0 Å². The molecule has 1 aromatic carbocycles. The standard InChI is InChI=1S/C17H18N6O/c24-16(20-17-18-11-19-21-17)15-13-9-5-2-6-10-14(13)23(22-15)12-7-3-1-4-8-12/h1,3-4,7-8,11H,2,5-6,9-10H2,(H2,18,19,20,21,24). The largest absolute Gasteiger partial charge is 0.289 e. The Morgan fingerprint density at radius 1 is 1.12 bits per heavy atom. The number of aromatic nitrogens is 5. The fourth-order valence-corrected chi connectivity index (χ4v) is 3.17. The molecule has 122 valence electrons. The number of rotatable bonds is 3. The number of benzene rings is 1. The summed E-state index contributed by atoms with van der Waals surface area (Å²) in [5, 5.41) is 13.7. The topological polar surface area (TPSA) is 88.5 Å². The van der Waals surface area contributed by atoms with Gasteiger partial charge in [-0.2, -0.15) is 15.2 Å². The third-order valence-electron chi connectivity index (χ3n) is 4.29. The Kier molecular flexibility index (Phi) is 3.82. The lowest BCUT2D eigenvalue weighted by molar-refractivity contribution is 0.102. The Balaban J connectivity index is 1.76. The van der Waals surface area contributed by atoms with E-state index in [1.54, 1.807) is 0 Å². The molecular weight excluding hydrogens is 304 g/mol. The van der Waals surface area contributed by atoms with Crippen LogP contribution < -0.4 is 5.32 Å². The van der Waals surface area contributed by atoms with Gasteiger partial charge in [0.25, 0.3) is 5.91 Å². The van der Waals surface area contributed by atoms with Crippen molar-refractivity contribution in [2.45, 2.75) is 32.1 Å². The highest BCUT2D eigenvalue weighted by atomic mass is 16.2. The van der Waals surface area contributed by atoms with Crippen molar-refractivity contribution in [2.24, 2.45) is 0 Å². The van der Waals surface area contributed by atoms with Crippen LogP contribution in [0.3, 0.4) is 0 Å². The van der Waals surface area contributed by atoms with Gasteiger partial charge < -0.3 is 0 Å². The Labute approximate surface area is 139 Å². The van der Waals surface area contributed by atoms with E-state index in [2.05, 4.69) is 25.6 Å². The predicted octanol–water partition coefficient (Wildman–Crippen LogP) is 2.51. The average molecular weight is 322 g/mol. The van der Waals surface area contributed by atoms with Crippen LogP contribution in [0.15, 0.2) is 36.7 Å². The van der Waals surface area contributed by atoms with Gasteiger partial charge in [-0.15, -0.1) is 0 Å². The Morgan fingerprint density at radius 3 is 2.75 bits per heavy atom. The van der Waals surface area contributed by atoms with Gasteiger partial charge in [0.15, 0.2) is 5.69 Å². The Bertz CT molecular complexity index is 838. The molecule has 0 unspecified atom stereocenters. The van der Waals surface area contributed by atoms with Crippen LogP contribution in [0.25, 0.3) is 5.69 Å². The van der Waals surface area contributed by atoms with Gasteiger partial charge in [0.2, 0.25) is 5.95 Å². The number of anilines is 1. The second kappa shape index (κ2) is 6.27. The van der Waals surface area contributed by atoms with Gasteiger partial charge in [0, 0.05) is 11.3 Å². The van der Waals surface area contributed by atoms with Crippen LogP contribution in [-0.4, -0.2) is 30.9 Å². The highest BCUT2D eigenvalue weighted by molar-refractivity contribution is 6.03. The van der Waals surface area contributed by atoms with Crippen molar-refractivity contribution in [1.82, 2.24) is 25.0 Å².